The number of hydrogen-bond donors (Lipinski definition) is 1. The third kappa shape index (κ3) is 4.00. The van der Waals surface area contributed by atoms with Crippen LogP contribution in [-0.4, -0.2) is 51.9 Å². The molecule has 0 radical (unpaired) electrons. The molecule has 4 rings (SSSR count). The van der Waals surface area contributed by atoms with Crippen LogP contribution < -0.4 is 0 Å². The number of nitroso groups, excluding NO2 is 1. The third-order valence-corrected chi connectivity index (χ3v) is 7.18. The summed E-state index contributed by atoms with van der Waals surface area (Å²) in [4.78, 5) is 51.0. The van der Waals surface area contributed by atoms with E-state index in [0.717, 1.165) is 41.7 Å². The summed E-state index contributed by atoms with van der Waals surface area (Å²) in [6.07, 6.45) is 4.10. The van der Waals surface area contributed by atoms with Crippen molar-refractivity contribution < 1.29 is 23.9 Å². The van der Waals surface area contributed by atoms with Crippen LogP contribution in [0.3, 0.4) is 0 Å². The van der Waals surface area contributed by atoms with Gasteiger partial charge in [-0.2, -0.15) is 4.91 Å². The molecule has 33 heavy (non-hydrogen) atoms. The van der Waals surface area contributed by atoms with Crippen molar-refractivity contribution in [2.45, 2.75) is 64.0 Å². The number of furan rings is 1. The molecule has 1 aliphatic carbocycles. The Balaban J connectivity index is 1.50. The summed E-state index contributed by atoms with van der Waals surface area (Å²) in [7, 11) is 1.55. The number of rotatable bonds is 8. The molecule has 2 atom stereocenters. The van der Waals surface area contributed by atoms with E-state index in [-0.39, 0.29) is 25.3 Å². The van der Waals surface area contributed by atoms with E-state index >= 15 is 0 Å². The second-order valence-electron chi connectivity index (χ2n) is 9.50. The second-order valence-corrected chi connectivity index (χ2v) is 9.50. The van der Waals surface area contributed by atoms with Crippen LogP contribution in [0.15, 0.2) is 27.8 Å². The minimum atomic E-state index is -1.09. The number of amides is 3. The molecular formula is C24H29N3O6. The summed E-state index contributed by atoms with van der Waals surface area (Å²) in [6, 6.07) is 4.19. The number of aliphatic carboxylic acids is 1. The van der Waals surface area contributed by atoms with E-state index in [1.165, 1.54) is 10.5 Å². The zero-order valence-electron chi connectivity index (χ0n) is 19.2. The van der Waals surface area contributed by atoms with Gasteiger partial charge in [-0.25, -0.2) is 4.79 Å². The first kappa shape index (κ1) is 22.9. The van der Waals surface area contributed by atoms with Crippen LogP contribution in [0.4, 0.5) is 4.79 Å². The van der Waals surface area contributed by atoms with E-state index in [1.54, 1.807) is 27.0 Å². The minimum absolute atomic E-state index is 0.0276. The maximum atomic E-state index is 12.6. The summed E-state index contributed by atoms with van der Waals surface area (Å²) >= 11 is 0. The van der Waals surface area contributed by atoms with Gasteiger partial charge in [-0.1, -0.05) is 17.3 Å². The minimum Gasteiger partial charge on any atom is -0.481 e. The zero-order valence-corrected chi connectivity index (χ0v) is 19.2. The van der Waals surface area contributed by atoms with Crippen molar-refractivity contribution in [3.05, 3.63) is 40.0 Å². The molecular weight excluding hydrogens is 426 g/mol. The van der Waals surface area contributed by atoms with Crippen molar-refractivity contribution in [3.63, 3.8) is 0 Å². The monoisotopic (exact) mass is 455 g/mol. The standard InChI is InChI=1S/C24H29N3O6/c1-24(2)22(30)27(23(31)26(24)3)11-10-15(21(28)29)12-18(25-32)14-8-9-17-16-6-4-5-7-19(16)33-20(17)13-14/h8-9,13,15,18H,4-7,10-12H2,1-3H3,(H,28,29). The smallest absolute Gasteiger partial charge is 0.327 e. The van der Waals surface area contributed by atoms with Crippen LogP contribution in [0.1, 0.15) is 62.5 Å². The summed E-state index contributed by atoms with van der Waals surface area (Å²) in [5, 5.41) is 14.0. The van der Waals surface area contributed by atoms with Gasteiger partial charge >= 0.3 is 12.0 Å². The lowest BCUT2D eigenvalue weighted by atomic mass is 9.91. The first-order chi connectivity index (χ1) is 15.6. The Morgan fingerprint density at radius 2 is 1.97 bits per heavy atom. The molecule has 2 aromatic rings. The zero-order chi connectivity index (χ0) is 23.9. The number of imide groups is 1. The van der Waals surface area contributed by atoms with E-state index in [4.69, 9.17) is 4.42 Å². The van der Waals surface area contributed by atoms with Gasteiger partial charge in [0.05, 0.1) is 5.92 Å². The molecule has 1 aromatic heterocycles. The van der Waals surface area contributed by atoms with Gasteiger partial charge in [-0.15, -0.1) is 0 Å². The number of fused-ring (bicyclic) bond motifs is 3. The van der Waals surface area contributed by atoms with E-state index in [9.17, 15) is 24.4 Å². The summed E-state index contributed by atoms with van der Waals surface area (Å²) < 4.78 is 6.00. The number of carbonyl (C=O) groups excluding carboxylic acids is 2. The van der Waals surface area contributed by atoms with Gasteiger partial charge in [-0.3, -0.25) is 14.5 Å². The van der Waals surface area contributed by atoms with Crippen molar-refractivity contribution in [3.8, 4) is 0 Å². The molecule has 1 aromatic carbocycles. The van der Waals surface area contributed by atoms with Crippen LogP contribution in [0, 0.1) is 10.8 Å². The van der Waals surface area contributed by atoms with Crippen molar-refractivity contribution in [2.75, 3.05) is 13.6 Å². The summed E-state index contributed by atoms with van der Waals surface area (Å²) in [6.45, 7) is 3.27. The quantitative estimate of drug-likeness (QED) is 0.469. The van der Waals surface area contributed by atoms with Crippen molar-refractivity contribution in [1.82, 2.24) is 9.80 Å². The van der Waals surface area contributed by atoms with Crippen molar-refractivity contribution in [2.24, 2.45) is 11.1 Å². The highest BCUT2D eigenvalue weighted by molar-refractivity contribution is 6.06. The number of carboxylic acids is 1. The molecule has 9 heteroatoms. The number of hydrogen-bond acceptors (Lipinski definition) is 6. The van der Waals surface area contributed by atoms with Gasteiger partial charge in [0.2, 0.25) is 0 Å². The first-order valence-electron chi connectivity index (χ1n) is 11.3. The highest BCUT2D eigenvalue weighted by atomic mass is 16.4. The number of aryl methyl sites for hydroxylation is 2. The molecule has 2 unspecified atom stereocenters. The van der Waals surface area contributed by atoms with Gasteiger partial charge < -0.3 is 14.4 Å². The second kappa shape index (κ2) is 8.61. The molecule has 0 spiro atoms. The van der Waals surface area contributed by atoms with Gasteiger partial charge in [0.1, 0.15) is 22.9 Å². The number of urea groups is 1. The number of nitrogens with zero attached hydrogens (tertiary/aromatic N) is 3. The van der Waals surface area contributed by atoms with Gasteiger partial charge in [0.25, 0.3) is 5.91 Å². The predicted octanol–water partition coefficient (Wildman–Crippen LogP) is 4.27. The van der Waals surface area contributed by atoms with Gasteiger partial charge in [0, 0.05) is 31.0 Å². The Morgan fingerprint density at radius 1 is 1.24 bits per heavy atom. The Labute approximate surface area is 191 Å². The van der Waals surface area contributed by atoms with Crippen LogP contribution in [-0.2, 0) is 22.4 Å². The molecule has 176 valence electrons. The fourth-order valence-electron chi connectivity index (χ4n) is 4.80. The maximum Gasteiger partial charge on any atom is 0.327 e. The Kier molecular flexibility index (Phi) is 5.99. The average Bonchev–Trinajstić information content (AvgIpc) is 3.23. The largest absolute Gasteiger partial charge is 0.481 e. The number of carbonyl (C=O) groups is 3. The summed E-state index contributed by atoms with van der Waals surface area (Å²) in [5.41, 5.74) is 1.54. The molecule has 1 aliphatic heterocycles. The number of likely N-dealkylation sites (N-methyl/N-ethyl adjacent to an activating group) is 1. The van der Waals surface area contributed by atoms with Crippen molar-refractivity contribution in [1.29, 1.82) is 0 Å². The van der Waals surface area contributed by atoms with Crippen LogP contribution in [0.5, 0.6) is 0 Å². The van der Waals surface area contributed by atoms with E-state index in [2.05, 4.69) is 5.18 Å². The first-order valence-corrected chi connectivity index (χ1v) is 11.3. The molecule has 0 saturated carbocycles. The van der Waals surface area contributed by atoms with Gasteiger partial charge in [0.15, 0.2) is 0 Å². The molecule has 1 saturated heterocycles. The van der Waals surface area contributed by atoms with E-state index < -0.39 is 29.5 Å². The molecule has 2 aliphatic rings. The number of carboxylic acid groups (broad SMARTS) is 1. The fraction of sp³-hybridized carbons (Fsp3) is 0.542. The molecule has 1 fully saturated rings. The number of benzene rings is 1. The highest BCUT2D eigenvalue weighted by Crippen LogP contribution is 2.36. The Hall–Kier alpha value is -3.23. The molecule has 0 bridgehead atoms. The maximum absolute atomic E-state index is 12.6. The lowest BCUT2D eigenvalue weighted by molar-refractivity contribution is -0.143. The van der Waals surface area contributed by atoms with Crippen LogP contribution in [0.2, 0.25) is 0 Å². The average molecular weight is 456 g/mol. The molecule has 2 heterocycles. The fourth-order valence-corrected chi connectivity index (χ4v) is 4.80. The highest BCUT2D eigenvalue weighted by Gasteiger charge is 2.49. The molecule has 3 amide bonds. The van der Waals surface area contributed by atoms with Crippen LogP contribution in [0.25, 0.3) is 11.0 Å². The molecule has 1 N–H and O–H groups in total. The summed E-state index contributed by atoms with van der Waals surface area (Å²) in [5.74, 6) is -1.41. The normalized spacial score (nSPS) is 19.6. The molecule has 9 nitrogen and oxygen atoms in total. The topological polar surface area (TPSA) is 120 Å². The lowest BCUT2D eigenvalue weighted by Gasteiger charge is -2.22. The third-order valence-electron chi connectivity index (χ3n) is 7.18. The van der Waals surface area contributed by atoms with E-state index in [0.29, 0.717) is 11.1 Å². The van der Waals surface area contributed by atoms with Crippen molar-refractivity contribution >= 4 is 28.9 Å². The Morgan fingerprint density at radius 3 is 2.61 bits per heavy atom. The van der Waals surface area contributed by atoms with Gasteiger partial charge in [-0.05, 0) is 57.6 Å². The SMILES string of the molecule is CN1C(=O)N(CCC(CC(N=O)c2ccc3c4c(oc3c2)CCCC4)C(=O)O)C(=O)C1(C)C. The predicted molar refractivity (Wildman–Crippen MR) is 121 cm³/mol. The lowest BCUT2D eigenvalue weighted by Crippen LogP contribution is -2.41. The van der Waals surface area contributed by atoms with E-state index in [1.807, 2.05) is 12.1 Å². The van der Waals surface area contributed by atoms with Crippen LogP contribution >= 0.6 is 0 Å². The Bertz CT molecular complexity index is 1120.